The number of carbonyl (C=O) groups excluding carboxylic acids is 2. The van der Waals surface area contributed by atoms with E-state index >= 15 is 0 Å². The molecule has 2 heterocycles. The summed E-state index contributed by atoms with van der Waals surface area (Å²) in [5.74, 6) is 0.337. The van der Waals surface area contributed by atoms with Crippen LogP contribution in [-0.2, 0) is 14.3 Å². The van der Waals surface area contributed by atoms with E-state index in [1.807, 2.05) is 98.8 Å². The van der Waals surface area contributed by atoms with Gasteiger partial charge in [0.15, 0.2) is 11.9 Å². The zero-order chi connectivity index (χ0) is 37.0. The number of carbonyl (C=O) groups is 2. The molecule has 0 radical (unpaired) electrons. The third-order valence-corrected chi connectivity index (χ3v) is 7.37. The Morgan fingerprint density at radius 3 is 1.46 bits per heavy atom. The van der Waals surface area contributed by atoms with Crippen LogP contribution in [0.5, 0.6) is 0 Å². The van der Waals surface area contributed by atoms with Gasteiger partial charge in [0.1, 0.15) is 11.9 Å². The van der Waals surface area contributed by atoms with Gasteiger partial charge in [-0.05, 0) is 75.2 Å². The van der Waals surface area contributed by atoms with Crippen molar-refractivity contribution in [3.8, 4) is 11.4 Å². The molecule has 2 N–H and O–H groups in total. The van der Waals surface area contributed by atoms with E-state index < -0.39 is 24.6 Å². The number of hydrogen-bond donors (Lipinski definition) is 2. The SMILES string of the molecule is CC(=O)OC(C)c1nc2cccc(C)c2c(=O)n1-c1ccccc1.CO.Cc1cccc2nc(C(C)O)n(-c3ccccc3)c(=O)c12.O=C[O-].[H-].[K+].[K+]. The van der Waals surface area contributed by atoms with Gasteiger partial charge >= 0.3 is 109 Å². The number of fused-ring (bicyclic) bond motifs is 2. The van der Waals surface area contributed by atoms with Crippen molar-refractivity contribution in [2.24, 2.45) is 0 Å². The second-order valence-corrected chi connectivity index (χ2v) is 10.9. The fourth-order valence-corrected chi connectivity index (χ4v) is 5.33. The number of carboxylic acid groups (broad SMARTS) is 1. The Hall–Kier alpha value is -2.71. The minimum atomic E-state index is -0.831. The van der Waals surface area contributed by atoms with Crippen molar-refractivity contribution < 1.29 is 134 Å². The number of rotatable bonds is 5. The molecule has 0 aliphatic carbocycles. The first-order valence-corrected chi connectivity index (χ1v) is 15.5. The number of benzene rings is 4. The Kier molecular flexibility index (Phi) is 21.1. The minimum absolute atomic E-state index is 0. The first kappa shape index (κ1) is 47.3. The van der Waals surface area contributed by atoms with Gasteiger partial charge in [0.2, 0.25) is 0 Å². The van der Waals surface area contributed by atoms with E-state index in [1.54, 1.807) is 26.0 Å². The summed E-state index contributed by atoms with van der Waals surface area (Å²) in [7, 11) is 1.00. The standard InChI is InChI=1S/C19H18N2O3.C17H16N2O2.CH2O2.CH4O.2K.H/c1-12-8-7-11-16-17(12)19(23)21(15-9-5-4-6-10-15)18(20-16)13(2)24-14(3)22;1-11-7-6-10-14-15(11)17(21)19(16(18-14)12(2)20)13-8-4-3-5-9-13;2-1-3;1-2;;;/h4-11,13H,1-3H3;3-10,12,20H,1-2H3;1H,(H,2,3);2H,1H3;;;/q;;;;2*+1;-1/p-1. The number of para-hydroxylation sites is 2. The molecular weight excluding hydrogens is 719 g/mol. The maximum absolute atomic E-state index is 13.1. The van der Waals surface area contributed by atoms with Gasteiger partial charge in [0, 0.05) is 20.5 Å². The van der Waals surface area contributed by atoms with E-state index in [2.05, 4.69) is 9.97 Å². The van der Waals surface area contributed by atoms with Crippen LogP contribution in [0.15, 0.2) is 107 Å². The molecule has 4 aromatic carbocycles. The van der Waals surface area contributed by atoms with Crippen LogP contribution in [0, 0.1) is 13.8 Å². The molecule has 262 valence electrons. The number of aliphatic hydroxyl groups is 2. The van der Waals surface area contributed by atoms with Gasteiger partial charge in [-0.25, -0.2) is 9.97 Å². The Morgan fingerprint density at radius 2 is 1.10 bits per heavy atom. The van der Waals surface area contributed by atoms with Gasteiger partial charge in [0.05, 0.1) is 33.2 Å². The third-order valence-electron chi connectivity index (χ3n) is 7.37. The van der Waals surface area contributed by atoms with Crippen LogP contribution in [0.2, 0.25) is 0 Å². The van der Waals surface area contributed by atoms with Crippen molar-refractivity contribution >= 4 is 34.2 Å². The molecule has 52 heavy (non-hydrogen) atoms. The Bertz CT molecular complexity index is 2200. The van der Waals surface area contributed by atoms with Gasteiger partial charge in [-0.3, -0.25) is 23.5 Å². The molecule has 12 nitrogen and oxygen atoms in total. The zero-order valence-electron chi connectivity index (χ0n) is 31.6. The molecule has 2 aromatic heterocycles. The summed E-state index contributed by atoms with van der Waals surface area (Å²) >= 11 is 0. The van der Waals surface area contributed by atoms with E-state index in [0.29, 0.717) is 44.8 Å². The Morgan fingerprint density at radius 1 is 0.731 bits per heavy atom. The van der Waals surface area contributed by atoms with Gasteiger partial charge in [-0.2, -0.15) is 0 Å². The Balaban J connectivity index is 0.000000871. The van der Waals surface area contributed by atoms with Crippen molar-refractivity contribution in [1.82, 2.24) is 19.1 Å². The Labute approximate surface area is 387 Å². The van der Waals surface area contributed by atoms with Crippen LogP contribution < -0.4 is 119 Å². The molecule has 0 saturated heterocycles. The van der Waals surface area contributed by atoms with Crippen molar-refractivity contribution in [3.63, 3.8) is 0 Å². The number of hydrogen-bond acceptors (Lipinski definition) is 10. The second kappa shape index (κ2) is 23.2. The van der Waals surface area contributed by atoms with Gasteiger partial charge in [-0.15, -0.1) is 0 Å². The molecule has 2 atom stereocenters. The summed E-state index contributed by atoms with van der Waals surface area (Å²) in [6.07, 6.45) is -1.47. The average molecular weight is 759 g/mol. The van der Waals surface area contributed by atoms with Crippen LogP contribution in [-0.4, -0.2) is 48.9 Å². The number of aryl methyl sites for hydroxylation is 2. The molecule has 0 aliphatic heterocycles. The fourth-order valence-electron chi connectivity index (χ4n) is 5.33. The first-order valence-electron chi connectivity index (χ1n) is 15.5. The molecule has 2 unspecified atom stereocenters. The second-order valence-electron chi connectivity index (χ2n) is 10.9. The number of nitrogens with zero attached hydrogens (tertiary/aromatic N) is 4. The van der Waals surface area contributed by atoms with E-state index in [-0.39, 0.29) is 115 Å². The van der Waals surface area contributed by atoms with E-state index in [0.717, 1.165) is 18.2 Å². The number of ether oxygens (including phenoxy) is 1. The van der Waals surface area contributed by atoms with Gasteiger partial charge < -0.3 is 26.3 Å². The van der Waals surface area contributed by atoms with E-state index in [4.69, 9.17) is 19.7 Å². The average Bonchev–Trinajstić information content (AvgIpc) is 3.10. The summed E-state index contributed by atoms with van der Waals surface area (Å²) in [6.45, 7) is 7.94. The van der Waals surface area contributed by atoms with Crippen LogP contribution in [0.25, 0.3) is 33.2 Å². The van der Waals surface area contributed by atoms with Crippen LogP contribution in [0.3, 0.4) is 0 Å². The van der Waals surface area contributed by atoms with Gasteiger partial charge in [0.25, 0.3) is 11.1 Å². The topological polar surface area (TPSA) is 177 Å². The smallest absolute Gasteiger partial charge is 1.00 e. The van der Waals surface area contributed by atoms with Crippen molar-refractivity contribution in [2.45, 2.75) is 46.8 Å². The molecule has 0 aliphatic rings. The maximum Gasteiger partial charge on any atom is 1.00 e. The van der Waals surface area contributed by atoms with Crippen molar-refractivity contribution in [3.05, 3.63) is 141 Å². The quantitative estimate of drug-likeness (QED) is 0.116. The molecule has 0 saturated carbocycles. The molecule has 0 amide bonds. The van der Waals surface area contributed by atoms with E-state index in [9.17, 15) is 19.5 Å². The number of aromatic nitrogens is 4. The predicted molar refractivity (Wildman–Crippen MR) is 190 cm³/mol. The summed E-state index contributed by atoms with van der Waals surface area (Å²) in [6, 6.07) is 29.6. The zero-order valence-corrected chi connectivity index (χ0v) is 36.8. The van der Waals surface area contributed by atoms with Crippen molar-refractivity contribution in [1.29, 1.82) is 0 Å². The van der Waals surface area contributed by atoms with Gasteiger partial charge in [-0.1, -0.05) is 60.7 Å². The molecule has 0 fully saturated rings. The first-order chi connectivity index (χ1) is 24.0. The third kappa shape index (κ3) is 11.6. The van der Waals surface area contributed by atoms with E-state index in [1.165, 1.54) is 16.1 Å². The summed E-state index contributed by atoms with van der Waals surface area (Å²) in [5, 5.41) is 26.4. The summed E-state index contributed by atoms with van der Waals surface area (Å²) < 4.78 is 8.27. The molecule has 14 heteroatoms. The molecule has 0 bridgehead atoms. The monoisotopic (exact) mass is 758 g/mol. The summed E-state index contributed by atoms with van der Waals surface area (Å²) in [4.78, 5) is 54.7. The largest absolute Gasteiger partial charge is 1.00 e. The molecule has 6 aromatic rings. The van der Waals surface area contributed by atoms with Crippen LogP contribution >= 0.6 is 0 Å². The predicted octanol–water partition coefficient (Wildman–Crippen LogP) is -1.84. The number of esters is 1. The molecule has 0 spiro atoms. The molecule has 6 rings (SSSR count). The fraction of sp³-hybridized carbons (Fsp3) is 0.211. The minimum Gasteiger partial charge on any atom is -1.00 e. The summed E-state index contributed by atoms with van der Waals surface area (Å²) in [5.41, 5.74) is 4.03. The van der Waals surface area contributed by atoms with Crippen molar-refractivity contribution in [2.75, 3.05) is 7.11 Å². The van der Waals surface area contributed by atoms with Crippen LogP contribution in [0.4, 0.5) is 0 Å². The molecular formula is C38H40K2N4O8. The normalized spacial score (nSPS) is 11.0. The number of aliphatic hydroxyl groups excluding tert-OH is 2. The maximum atomic E-state index is 13.1. The van der Waals surface area contributed by atoms with Crippen LogP contribution in [0.1, 0.15) is 57.2 Å².